The Morgan fingerprint density at radius 3 is 2.82 bits per heavy atom. The van der Waals surface area contributed by atoms with Crippen molar-refractivity contribution in [2.24, 2.45) is 17.3 Å². The Bertz CT molecular complexity index is 287. The van der Waals surface area contributed by atoms with Crippen LogP contribution in [-0.4, -0.2) is 37.5 Å². The van der Waals surface area contributed by atoms with E-state index in [1.807, 2.05) is 6.92 Å². The smallest absolute Gasteiger partial charge is 0.312 e. The molecule has 2 rings (SSSR count). The van der Waals surface area contributed by atoms with Crippen LogP contribution in [0.15, 0.2) is 0 Å². The zero-order chi connectivity index (χ0) is 12.5. The molecule has 0 bridgehead atoms. The van der Waals surface area contributed by atoms with Crippen molar-refractivity contribution in [3.63, 3.8) is 0 Å². The Morgan fingerprint density at radius 2 is 2.29 bits per heavy atom. The highest BCUT2D eigenvalue weighted by Gasteiger charge is 2.58. The summed E-state index contributed by atoms with van der Waals surface area (Å²) >= 11 is 0. The lowest BCUT2D eigenvalue weighted by Crippen LogP contribution is -2.45. The molecule has 0 radical (unpaired) electrons. The molecule has 0 aromatic carbocycles. The highest BCUT2D eigenvalue weighted by molar-refractivity contribution is 5.76. The summed E-state index contributed by atoms with van der Waals surface area (Å²) < 4.78 is 10.8. The van der Waals surface area contributed by atoms with E-state index >= 15 is 0 Å². The van der Waals surface area contributed by atoms with Crippen LogP contribution < -0.4 is 0 Å². The van der Waals surface area contributed by atoms with Gasteiger partial charge in [0.1, 0.15) is 0 Å². The van der Waals surface area contributed by atoms with Crippen LogP contribution in [0.1, 0.15) is 32.6 Å². The quantitative estimate of drug-likeness (QED) is 0.773. The van der Waals surface area contributed by atoms with Crippen molar-refractivity contribution >= 4 is 5.97 Å². The van der Waals surface area contributed by atoms with E-state index in [0.29, 0.717) is 25.6 Å². The summed E-state index contributed by atoms with van der Waals surface area (Å²) in [5, 5.41) is 9.66. The summed E-state index contributed by atoms with van der Waals surface area (Å²) in [5.74, 6) is -0.109. The minimum Gasteiger partial charge on any atom is -0.481 e. The fourth-order valence-corrected chi connectivity index (χ4v) is 3.12. The molecule has 4 heteroatoms. The number of methoxy groups -OCH3 is 1. The van der Waals surface area contributed by atoms with Gasteiger partial charge >= 0.3 is 5.97 Å². The normalized spacial score (nSPS) is 34.8. The molecule has 2 fully saturated rings. The second-order valence-corrected chi connectivity index (χ2v) is 5.41. The average molecular weight is 242 g/mol. The van der Waals surface area contributed by atoms with Crippen LogP contribution in [0, 0.1) is 17.3 Å². The molecule has 1 saturated heterocycles. The van der Waals surface area contributed by atoms with Crippen LogP contribution in [-0.2, 0) is 14.3 Å². The Balaban J connectivity index is 2.15. The molecule has 3 atom stereocenters. The summed E-state index contributed by atoms with van der Waals surface area (Å²) in [6.07, 6.45) is 3.60. The second-order valence-electron chi connectivity index (χ2n) is 5.41. The maximum Gasteiger partial charge on any atom is 0.312 e. The van der Waals surface area contributed by atoms with Gasteiger partial charge in [0.15, 0.2) is 0 Å². The summed E-state index contributed by atoms with van der Waals surface area (Å²) in [6, 6.07) is 0. The van der Waals surface area contributed by atoms with Crippen LogP contribution in [0.3, 0.4) is 0 Å². The second kappa shape index (κ2) is 4.94. The van der Waals surface area contributed by atoms with Crippen molar-refractivity contribution in [1.29, 1.82) is 0 Å². The number of carbonyl (C=O) groups is 1. The number of carboxylic acids is 1. The number of rotatable bonds is 6. The third kappa shape index (κ3) is 2.20. The van der Waals surface area contributed by atoms with Crippen LogP contribution in [0.5, 0.6) is 0 Å². The highest BCUT2D eigenvalue weighted by atomic mass is 16.5. The van der Waals surface area contributed by atoms with Gasteiger partial charge in [-0.2, -0.15) is 0 Å². The third-order valence-electron chi connectivity index (χ3n) is 4.40. The fraction of sp³-hybridized carbons (Fsp3) is 0.923. The molecule has 98 valence electrons. The SMILES string of the molecule is COCCC(C)C1(C(=O)O)CCOC1C1CC1. The molecular formula is C13H22O4. The van der Waals surface area contributed by atoms with Crippen LogP contribution in [0.2, 0.25) is 0 Å². The highest BCUT2D eigenvalue weighted by Crippen LogP contribution is 2.52. The first-order valence-electron chi connectivity index (χ1n) is 6.47. The van der Waals surface area contributed by atoms with E-state index in [4.69, 9.17) is 9.47 Å². The predicted molar refractivity (Wildman–Crippen MR) is 62.8 cm³/mol. The van der Waals surface area contributed by atoms with Crippen LogP contribution in [0.25, 0.3) is 0 Å². The van der Waals surface area contributed by atoms with Gasteiger partial charge in [0, 0.05) is 20.3 Å². The Labute approximate surface area is 102 Å². The molecule has 1 N–H and O–H groups in total. The fourth-order valence-electron chi connectivity index (χ4n) is 3.12. The molecule has 0 amide bonds. The van der Waals surface area contributed by atoms with Gasteiger partial charge in [-0.3, -0.25) is 4.79 Å². The van der Waals surface area contributed by atoms with Gasteiger partial charge in [-0.1, -0.05) is 6.92 Å². The van der Waals surface area contributed by atoms with Gasteiger partial charge in [0.2, 0.25) is 0 Å². The van der Waals surface area contributed by atoms with E-state index < -0.39 is 11.4 Å². The molecule has 0 spiro atoms. The minimum absolute atomic E-state index is 0.0770. The molecular weight excluding hydrogens is 220 g/mol. The van der Waals surface area contributed by atoms with E-state index in [1.165, 1.54) is 0 Å². The van der Waals surface area contributed by atoms with E-state index in [1.54, 1.807) is 7.11 Å². The van der Waals surface area contributed by atoms with Gasteiger partial charge < -0.3 is 14.6 Å². The van der Waals surface area contributed by atoms with Crippen molar-refractivity contribution in [1.82, 2.24) is 0 Å². The number of ether oxygens (including phenoxy) is 2. The first-order valence-corrected chi connectivity index (χ1v) is 6.47. The van der Waals surface area contributed by atoms with E-state index in [0.717, 1.165) is 19.3 Å². The molecule has 0 aromatic rings. The summed E-state index contributed by atoms with van der Waals surface area (Å²) in [6.45, 7) is 3.23. The molecule has 1 heterocycles. The zero-order valence-corrected chi connectivity index (χ0v) is 10.6. The maximum absolute atomic E-state index is 11.7. The lowest BCUT2D eigenvalue weighted by molar-refractivity contribution is -0.158. The molecule has 4 nitrogen and oxygen atoms in total. The molecule has 3 unspecified atom stereocenters. The third-order valence-corrected chi connectivity index (χ3v) is 4.40. The molecule has 0 aromatic heterocycles. The molecule has 2 aliphatic rings. The Kier molecular flexibility index (Phi) is 3.73. The van der Waals surface area contributed by atoms with Gasteiger partial charge in [-0.25, -0.2) is 0 Å². The van der Waals surface area contributed by atoms with Gasteiger partial charge in [0.05, 0.1) is 11.5 Å². The number of hydrogen-bond donors (Lipinski definition) is 1. The van der Waals surface area contributed by atoms with Crippen molar-refractivity contribution in [2.75, 3.05) is 20.3 Å². The zero-order valence-electron chi connectivity index (χ0n) is 10.6. The Hall–Kier alpha value is -0.610. The summed E-state index contributed by atoms with van der Waals surface area (Å²) in [7, 11) is 1.66. The van der Waals surface area contributed by atoms with Crippen LogP contribution >= 0.6 is 0 Å². The van der Waals surface area contributed by atoms with Gasteiger partial charge in [-0.05, 0) is 37.5 Å². The largest absolute Gasteiger partial charge is 0.481 e. The number of hydrogen-bond acceptors (Lipinski definition) is 3. The van der Waals surface area contributed by atoms with Crippen molar-refractivity contribution < 1.29 is 19.4 Å². The summed E-state index contributed by atoms with van der Waals surface area (Å²) in [5.41, 5.74) is -0.681. The van der Waals surface area contributed by atoms with Crippen molar-refractivity contribution in [3.05, 3.63) is 0 Å². The predicted octanol–water partition coefficient (Wildman–Crippen LogP) is 1.93. The lowest BCUT2D eigenvalue weighted by atomic mass is 9.68. The van der Waals surface area contributed by atoms with Crippen LogP contribution in [0.4, 0.5) is 0 Å². The first-order chi connectivity index (χ1) is 8.13. The van der Waals surface area contributed by atoms with Crippen molar-refractivity contribution in [3.8, 4) is 0 Å². The summed E-state index contributed by atoms with van der Waals surface area (Å²) in [4.78, 5) is 11.7. The molecule has 1 aliphatic heterocycles. The first kappa shape index (κ1) is 12.8. The molecule has 1 aliphatic carbocycles. The van der Waals surface area contributed by atoms with Gasteiger partial charge in [0.25, 0.3) is 0 Å². The van der Waals surface area contributed by atoms with E-state index in [9.17, 15) is 9.90 Å². The Morgan fingerprint density at radius 1 is 1.59 bits per heavy atom. The number of aliphatic carboxylic acids is 1. The maximum atomic E-state index is 11.7. The number of carboxylic acid groups (broad SMARTS) is 1. The molecule has 17 heavy (non-hydrogen) atoms. The lowest BCUT2D eigenvalue weighted by Gasteiger charge is -2.35. The monoisotopic (exact) mass is 242 g/mol. The van der Waals surface area contributed by atoms with Gasteiger partial charge in [-0.15, -0.1) is 0 Å². The standard InChI is InChI=1S/C13H22O4/c1-9(5-7-16-2)13(12(14)15)6-8-17-11(13)10-3-4-10/h9-11H,3-8H2,1-2H3,(H,14,15). The van der Waals surface area contributed by atoms with E-state index in [-0.39, 0.29) is 12.0 Å². The van der Waals surface area contributed by atoms with Crippen molar-refractivity contribution in [2.45, 2.75) is 38.7 Å². The average Bonchev–Trinajstić information content (AvgIpc) is 3.04. The minimum atomic E-state index is -0.685. The topological polar surface area (TPSA) is 55.8 Å². The molecule has 1 saturated carbocycles. The van der Waals surface area contributed by atoms with E-state index in [2.05, 4.69) is 0 Å².